The van der Waals surface area contributed by atoms with Crippen molar-refractivity contribution in [3.63, 3.8) is 0 Å². The zero-order valence-electron chi connectivity index (χ0n) is 11.9. The van der Waals surface area contributed by atoms with E-state index in [9.17, 15) is 4.79 Å². The van der Waals surface area contributed by atoms with Crippen LogP contribution in [-0.4, -0.2) is 24.1 Å². The summed E-state index contributed by atoms with van der Waals surface area (Å²) in [7, 11) is 0. The number of ether oxygens (including phenoxy) is 1. The van der Waals surface area contributed by atoms with Crippen LogP contribution in [0.25, 0.3) is 0 Å². The van der Waals surface area contributed by atoms with Crippen LogP contribution in [0.1, 0.15) is 31.2 Å². The summed E-state index contributed by atoms with van der Waals surface area (Å²) >= 11 is 0. The maximum absolute atomic E-state index is 12.0. The number of nitrogens with two attached hydrogens (primary N) is 1. The average molecular weight is 274 g/mol. The van der Waals surface area contributed by atoms with Crippen molar-refractivity contribution in [2.75, 3.05) is 6.61 Å². The quantitative estimate of drug-likeness (QED) is 0.796. The van der Waals surface area contributed by atoms with E-state index in [4.69, 9.17) is 10.5 Å². The maximum Gasteiger partial charge on any atom is 0.241 e. The molecule has 0 aliphatic heterocycles. The van der Waals surface area contributed by atoms with Gasteiger partial charge in [-0.05, 0) is 50.7 Å². The molecule has 0 aromatic heterocycles. The minimum Gasteiger partial charge on any atom is -0.491 e. The number of nitrogens with one attached hydrogen (secondary N) is 1. The van der Waals surface area contributed by atoms with E-state index in [0.717, 1.165) is 31.4 Å². The highest BCUT2D eigenvalue weighted by Gasteiger charge is 2.52. The first-order valence-electron chi connectivity index (χ1n) is 7.37. The zero-order chi connectivity index (χ0) is 14.2. The second kappa shape index (κ2) is 5.09. The van der Waals surface area contributed by atoms with Crippen LogP contribution in [0.15, 0.2) is 24.3 Å². The molecule has 20 heavy (non-hydrogen) atoms. The predicted octanol–water partition coefficient (Wildman–Crippen LogP) is 1.76. The Balaban J connectivity index is 1.71. The van der Waals surface area contributed by atoms with Crippen LogP contribution < -0.4 is 15.8 Å². The molecule has 2 fully saturated rings. The van der Waals surface area contributed by atoms with Gasteiger partial charge >= 0.3 is 0 Å². The van der Waals surface area contributed by atoms with Gasteiger partial charge in [-0.1, -0.05) is 17.7 Å². The summed E-state index contributed by atoms with van der Waals surface area (Å²) in [5, 5.41) is 3.45. The van der Waals surface area contributed by atoms with E-state index in [0.29, 0.717) is 18.6 Å². The predicted molar refractivity (Wildman–Crippen MR) is 77.5 cm³/mol. The van der Waals surface area contributed by atoms with Crippen molar-refractivity contribution in [1.29, 1.82) is 0 Å². The van der Waals surface area contributed by atoms with Crippen molar-refractivity contribution in [3.8, 4) is 5.75 Å². The van der Waals surface area contributed by atoms with Crippen molar-refractivity contribution in [3.05, 3.63) is 29.8 Å². The fourth-order valence-corrected chi connectivity index (χ4v) is 2.62. The molecule has 3 rings (SSSR count). The largest absolute Gasteiger partial charge is 0.491 e. The minimum absolute atomic E-state index is 0.279. The molecule has 0 heterocycles. The normalized spacial score (nSPS) is 21.2. The number of primary amides is 1. The van der Waals surface area contributed by atoms with Crippen molar-refractivity contribution in [2.45, 2.75) is 44.2 Å². The zero-order valence-corrected chi connectivity index (χ0v) is 11.9. The highest BCUT2D eigenvalue weighted by Crippen LogP contribution is 2.41. The number of carbonyl (C=O) groups is 1. The van der Waals surface area contributed by atoms with Gasteiger partial charge in [-0.25, -0.2) is 0 Å². The van der Waals surface area contributed by atoms with Crippen molar-refractivity contribution < 1.29 is 9.53 Å². The van der Waals surface area contributed by atoms with Crippen LogP contribution in [0.3, 0.4) is 0 Å². The van der Waals surface area contributed by atoms with Crippen LogP contribution in [-0.2, 0) is 4.79 Å². The van der Waals surface area contributed by atoms with Gasteiger partial charge in [0.15, 0.2) is 0 Å². The van der Waals surface area contributed by atoms with Crippen molar-refractivity contribution in [1.82, 2.24) is 5.32 Å². The third-order valence-corrected chi connectivity index (χ3v) is 4.24. The van der Waals surface area contributed by atoms with Gasteiger partial charge in [-0.15, -0.1) is 0 Å². The molecule has 0 spiro atoms. The number of carbonyl (C=O) groups excluding carboxylic acids is 1. The molecule has 108 valence electrons. The van der Waals surface area contributed by atoms with E-state index in [1.54, 1.807) is 0 Å². The molecule has 3 N–H and O–H groups in total. The summed E-state index contributed by atoms with van der Waals surface area (Å²) < 4.78 is 5.85. The molecular formula is C16H22N2O2. The van der Waals surface area contributed by atoms with E-state index in [1.165, 1.54) is 5.56 Å². The molecule has 4 heteroatoms. The van der Waals surface area contributed by atoms with E-state index in [-0.39, 0.29) is 5.91 Å². The number of benzene rings is 1. The molecular weight excluding hydrogens is 252 g/mol. The molecule has 0 saturated heterocycles. The summed E-state index contributed by atoms with van der Waals surface area (Å²) in [6.45, 7) is 2.36. The highest BCUT2D eigenvalue weighted by atomic mass is 16.5. The highest BCUT2D eigenvalue weighted by molar-refractivity contribution is 5.86. The monoisotopic (exact) mass is 274 g/mol. The Hall–Kier alpha value is -1.55. The lowest BCUT2D eigenvalue weighted by Crippen LogP contribution is -2.61. The smallest absolute Gasteiger partial charge is 0.241 e. The molecule has 0 radical (unpaired) electrons. The molecule has 1 amide bonds. The number of hydrogen-bond acceptors (Lipinski definition) is 3. The topological polar surface area (TPSA) is 64.3 Å². The van der Waals surface area contributed by atoms with Crippen LogP contribution in [0, 0.1) is 12.8 Å². The van der Waals surface area contributed by atoms with E-state index >= 15 is 0 Å². The van der Waals surface area contributed by atoms with E-state index in [1.807, 2.05) is 31.2 Å². The first-order valence-corrected chi connectivity index (χ1v) is 7.37. The molecule has 1 atom stereocenters. The molecule has 0 bridgehead atoms. The van der Waals surface area contributed by atoms with Crippen LogP contribution in [0.5, 0.6) is 5.75 Å². The lowest BCUT2D eigenvalue weighted by molar-refractivity contribution is -0.126. The van der Waals surface area contributed by atoms with E-state index < -0.39 is 5.54 Å². The lowest BCUT2D eigenvalue weighted by atomic mass is 9.93. The standard InChI is InChI=1S/C16H22N2O2/c1-11-2-8-14(9-3-11)20-10-16(15(17)19,12-4-5-12)18-13-6-7-13/h2-3,8-9,12-13,18H,4-7,10H2,1H3,(H2,17,19). The van der Waals surface area contributed by atoms with Crippen LogP contribution >= 0.6 is 0 Å². The number of hydrogen-bond donors (Lipinski definition) is 2. The van der Waals surface area contributed by atoms with Gasteiger partial charge < -0.3 is 10.5 Å². The maximum atomic E-state index is 12.0. The molecule has 1 aromatic carbocycles. The fraction of sp³-hybridized carbons (Fsp3) is 0.562. The Morgan fingerprint density at radius 3 is 2.45 bits per heavy atom. The summed E-state index contributed by atoms with van der Waals surface area (Å²) in [6, 6.07) is 8.32. The fourth-order valence-electron chi connectivity index (χ4n) is 2.62. The molecule has 4 nitrogen and oxygen atoms in total. The first-order chi connectivity index (χ1) is 9.60. The van der Waals surface area contributed by atoms with Crippen LogP contribution in [0.2, 0.25) is 0 Å². The van der Waals surface area contributed by atoms with Gasteiger partial charge in [0.25, 0.3) is 0 Å². The Morgan fingerprint density at radius 2 is 1.95 bits per heavy atom. The Kier molecular flexibility index (Phi) is 3.42. The van der Waals surface area contributed by atoms with Gasteiger partial charge in [0.1, 0.15) is 17.9 Å². The number of amides is 1. The van der Waals surface area contributed by atoms with E-state index in [2.05, 4.69) is 5.32 Å². The van der Waals surface area contributed by atoms with Gasteiger partial charge in [-0.2, -0.15) is 0 Å². The Morgan fingerprint density at radius 1 is 1.30 bits per heavy atom. The van der Waals surface area contributed by atoms with Crippen molar-refractivity contribution >= 4 is 5.91 Å². The summed E-state index contributed by atoms with van der Waals surface area (Å²) in [6.07, 6.45) is 4.37. The van der Waals surface area contributed by atoms with Gasteiger partial charge in [0, 0.05) is 6.04 Å². The van der Waals surface area contributed by atoms with Gasteiger partial charge in [0.05, 0.1) is 0 Å². The Bertz CT molecular complexity index is 492. The third kappa shape index (κ3) is 2.80. The number of rotatable bonds is 7. The first kappa shape index (κ1) is 13.4. The number of aryl methyl sites for hydroxylation is 1. The van der Waals surface area contributed by atoms with Gasteiger partial charge in [-0.3, -0.25) is 10.1 Å². The molecule has 2 aliphatic carbocycles. The average Bonchev–Trinajstić information content (AvgIpc) is 3.28. The third-order valence-electron chi connectivity index (χ3n) is 4.24. The summed E-state index contributed by atoms with van der Waals surface area (Å²) in [5.41, 5.74) is 6.20. The lowest BCUT2D eigenvalue weighted by Gasteiger charge is -2.32. The molecule has 1 aromatic rings. The van der Waals surface area contributed by atoms with Crippen LogP contribution in [0.4, 0.5) is 0 Å². The molecule has 2 saturated carbocycles. The molecule has 2 aliphatic rings. The summed E-state index contributed by atoms with van der Waals surface area (Å²) in [4.78, 5) is 12.0. The summed E-state index contributed by atoms with van der Waals surface area (Å²) in [5.74, 6) is 0.838. The molecule has 1 unspecified atom stereocenters. The second-order valence-electron chi connectivity index (χ2n) is 6.13. The SMILES string of the molecule is Cc1ccc(OCC(NC2CC2)(C(N)=O)C2CC2)cc1. The van der Waals surface area contributed by atoms with Gasteiger partial charge in [0.2, 0.25) is 5.91 Å². The second-order valence-corrected chi connectivity index (χ2v) is 6.13. The Labute approximate surface area is 119 Å². The minimum atomic E-state index is -0.688. The van der Waals surface area contributed by atoms with Crippen molar-refractivity contribution in [2.24, 2.45) is 11.7 Å².